The summed E-state index contributed by atoms with van der Waals surface area (Å²) < 4.78 is 0. The van der Waals surface area contributed by atoms with Crippen molar-refractivity contribution in [3.63, 3.8) is 0 Å². The predicted molar refractivity (Wildman–Crippen MR) is 90.3 cm³/mol. The molecule has 6 heteroatoms. The highest BCUT2D eigenvalue weighted by atomic mass is 16.3. The van der Waals surface area contributed by atoms with Gasteiger partial charge in [-0.3, -0.25) is 0 Å². The summed E-state index contributed by atoms with van der Waals surface area (Å²) in [4.78, 5) is 9.04. The predicted octanol–water partition coefficient (Wildman–Crippen LogP) is 1.85. The number of aliphatic hydroxyl groups excluding tert-OH is 2. The minimum absolute atomic E-state index is 0.0244. The Labute approximate surface area is 134 Å². The number of allylic oxidation sites excluding steroid dienone is 2. The summed E-state index contributed by atoms with van der Waals surface area (Å²) in [5.41, 5.74) is 6.55. The van der Waals surface area contributed by atoms with Crippen molar-refractivity contribution in [2.45, 2.75) is 25.0 Å². The number of nitrogens with two attached hydrogens (primary N) is 1. The molecule has 6 nitrogen and oxygen atoms in total. The first-order chi connectivity index (χ1) is 11.1. The van der Waals surface area contributed by atoms with E-state index in [1.165, 1.54) is 0 Å². The van der Waals surface area contributed by atoms with Crippen molar-refractivity contribution in [1.29, 1.82) is 0 Å². The van der Waals surface area contributed by atoms with Crippen LogP contribution in [-0.4, -0.2) is 38.9 Å². The number of benzene rings is 1. The van der Waals surface area contributed by atoms with E-state index in [0.717, 1.165) is 10.9 Å². The van der Waals surface area contributed by atoms with E-state index in [2.05, 4.69) is 15.3 Å². The third-order valence-corrected chi connectivity index (χ3v) is 3.73. The normalized spacial score (nSPS) is 22.0. The Morgan fingerprint density at radius 2 is 2.09 bits per heavy atom. The fourth-order valence-electron chi connectivity index (χ4n) is 2.57. The lowest BCUT2D eigenvalue weighted by molar-refractivity contribution is 0.171. The topological polar surface area (TPSA) is 104 Å². The highest BCUT2D eigenvalue weighted by molar-refractivity contribution is 5.89. The van der Waals surface area contributed by atoms with Crippen LogP contribution in [0.15, 0.2) is 48.3 Å². The van der Waals surface area contributed by atoms with Crippen molar-refractivity contribution in [3.05, 3.63) is 54.1 Å². The highest BCUT2D eigenvalue weighted by Gasteiger charge is 2.29. The smallest absolute Gasteiger partial charge is 0.145 e. The second-order valence-corrected chi connectivity index (χ2v) is 5.75. The maximum atomic E-state index is 10.2. The number of fused-ring (bicyclic) bond motifs is 1. The number of rotatable bonds is 4. The maximum Gasteiger partial charge on any atom is 0.145 e. The fraction of sp³-hybridized carbons (Fsp3) is 0.294. The maximum absolute atomic E-state index is 10.2. The Bertz CT molecular complexity index is 770. The fourth-order valence-corrected chi connectivity index (χ4v) is 2.57. The molecule has 1 aliphatic rings. The molecule has 0 amide bonds. The number of hydrogen-bond acceptors (Lipinski definition) is 6. The van der Waals surface area contributed by atoms with E-state index in [1.807, 2.05) is 31.2 Å². The Morgan fingerprint density at radius 1 is 1.30 bits per heavy atom. The second-order valence-electron chi connectivity index (χ2n) is 5.75. The summed E-state index contributed by atoms with van der Waals surface area (Å²) in [5, 5.41) is 24.4. The lowest BCUT2D eigenvalue weighted by Crippen LogP contribution is -2.27. The lowest BCUT2D eigenvalue weighted by Gasteiger charge is -2.22. The van der Waals surface area contributed by atoms with Gasteiger partial charge in [-0.2, -0.15) is 0 Å². The van der Waals surface area contributed by atoms with E-state index in [4.69, 9.17) is 5.73 Å². The van der Waals surface area contributed by atoms with E-state index >= 15 is 0 Å². The monoisotopic (exact) mass is 312 g/mol. The van der Waals surface area contributed by atoms with Gasteiger partial charge in [-0.1, -0.05) is 24.3 Å². The van der Waals surface area contributed by atoms with Crippen molar-refractivity contribution in [3.8, 4) is 0 Å². The van der Waals surface area contributed by atoms with Crippen molar-refractivity contribution in [2.24, 2.45) is 5.73 Å². The molecule has 3 rings (SSSR count). The summed E-state index contributed by atoms with van der Waals surface area (Å²) in [7, 11) is 0. The zero-order valence-electron chi connectivity index (χ0n) is 12.8. The van der Waals surface area contributed by atoms with Gasteiger partial charge in [-0.25, -0.2) is 9.97 Å². The van der Waals surface area contributed by atoms with Crippen LogP contribution in [0.1, 0.15) is 18.7 Å². The average Bonchev–Trinajstić information content (AvgIpc) is 2.52. The van der Waals surface area contributed by atoms with Crippen molar-refractivity contribution < 1.29 is 10.2 Å². The molecule has 1 aliphatic carbocycles. The highest BCUT2D eigenvalue weighted by Crippen LogP contribution is 2.30. The van der Waals surface area contributed by atoms with Crippen LogP contribution in [0.4, 0.5) is 5.82 Å². The van der Waals surface area contributed by atoms with Crippen LogP contribution < -0.4 is 11.1 Å². The molecular formula is C17H20N4O2. The van der Waals surface area contributed by atoms with Gasteiger partial charge in [0.25, 0.3) is 0 Å². The first kappa shape index (κ1) is 15.5. The van der Waals surface area contributed by atoms with Gasteiger partial charge in [0.2, 0.25) is 0 Å². The van der Waals surface area contributed by atoms with E-state index in [0.29, 0.717) is 18.2 Å². The van der Waals surface area contributed by atoms with Crippen LogP contribution in [0.25, 0.3) is 10.9 Å². The van der Waals surface area contributed by atoms with Crippen LogP contribution >= 0.6 is 0 Å². The number of aromatic nitrogens is 2. The Balaban J connectivity index is 2.07. The van der Waals surface area contributed by atoms with Gasteiger partial charge < -0.3 is 21.3 Å². The number of hydrogen-bond donors (Lipinski definition) is 4. The number of aliphatic hydroxyl groups is 2. The number of anilines is 1. The first-order valence-corrected chi connectivity index (χ1v) is 7.58. The first-order valence-electron chi connectivity index (χ1n) is 7.58. The van der Waals surface area contributed by atoms with Gasteiger partial charge in [0.05, 0.1) is 11.6 Å². The SMILES string of the molecule is C[C@@H](N)CNc1nc(C2C(O)=CC=CC2O)nc2ccccc12. The summed E-state index contributed by atoms with van der Waals surface area (Å²) in [6.07, 6.45) is 3.91. The number of para-hydroxylation sites is 1. The molecule has 5 N–H and O–H groups in total. The Hall–Kier alpha value is -2.44. The second kappa shape index (κ2) is 6.36. The molecule has 120 valence electrons. The van der Waals surface area contributed by atoms with Gasteiger partial charge in [0.15, 0.2) is 0 Å². The van der Waals surface area contributed by atoms with Crippen LogP contribution in [0.2, 0.25) is 0 Å². The van der Waals surface area contributed by atoms with E-state index in [1.54, 1.807) is 18.2 Å². The minimum Gasteiger partial charge on any atom is -0.511 e. The molecule has 0 radical (unpaired) electrons. The molecule has 0 fully saturated rings. The summed E-state index contributed by atoms with van der Waals surface area (Å²) >= 11 is 0. The third-order valence-electron chi connectivity index (χ3n) is 3.73. The standard InChI is InChI=1S/C17H20N4O2/c1-10(18)9-19-16-11-5-2-3-6-12(11)20-17(21-16)15-13(22)7-4-8-14(15)23/h2-8,10,13,15,22-23H,9,18H2,1H3,(H,19,20,21)/t10-,13?,15?/m1/s1. The molecule has 1 aromatic carbocycles. The zero-order chi connectivity index (χ0) is 16.4. The van der Waals surface area contributed by atoms with Crippen molar-refractivity contribution >= 4 is 16.7 Å². The molecule has 2 aromatic rings. The molecule has 0 spiro atoms. The van der Waals surface area contributed by atoms with Crippen LogP contribution in [0.3, 0.4) is 0 Å². The average molecular weight is 312 g/mol. The van der Waals surface area contributed by atoms with Crippen molar-refractivity contribution in [1.82, 2.24) is 9.97 Å². The van der Waals surface area contributed by atoms with E-state index in [9.17, 15) is 10.2 Å². The number of nitrogens with one attached hydrogen (secondary N) is 1. The zero-order valence-corrected chi connectivity index (χ0v) is 12.8. The number of nitrogens with zero attached hydrogens (tertiary/aromatic N) is 2. The van der Waals surface area contributed by atoms with Gasteiger partial charge in [0.1, 0.15) is 23.3 Å². The molecule has 2 unspecified atom stereocenters. The van der Waals surface area contributed by atoms with Crippen molar-refractivity contribution in [2.75, 3.05) is 11.9 Å². The van der Waals surface area contributed by atoms with Gasteiger partial charge in [-0.15, -0.1) is 0 Å². The summed E-state index contributed by atoms with van der Waals surface area (Å²) in [6.45, 7) is 2.47. The van der Waals surface area contributed by atoms with Crippen LogP contribution in [0, 0.1) is 0 Å². The largest absolute Gasteiger partial charge is 0.511 e. The lowest BCUT2D eigenvalue weighted by atomic mass is 9.94. The van der Waals surface area contributed by atoms with Gasteiger partial charge in [-0.05, 0) is 25.1 Å². The molecule has 1 aromatic heterocycles. The summed E-state index contributed by atoms with van der Waals surface area (Å²) in [5.74, 6) is 0.410. The molecular weight excluding hydrogens is 292 g/mol. The van der Waals surface area contributed by atoms with Gasteiger partial charge >= 0.3 is 0 Å². The molecule has 0 bridgehead atoms. The minimum atomic E-state index is -0.859. The quantitative estimate of drug-likeness (QED) is 0.687. The molecule has 23 heavy (non-hydrogen) atoms. The van der Waals surface area contributed by atoms with E-state index in [-0.39, 0.29) is 11.8 Å². The van der Waals surface area contributed by atoms with Gasteiger partial charge in [0, 0.05) is 18.0 Å². The van der Waals surface area contributed by atoms with E-state index < -0.39 is 12.0 Å². The summed E-state index contributed by atoms with van der Waals surface area (Å²) in [6, 6.07) is 7.58. The molecule has 0 aliphatic heterocycles. The molecule has 3 atom stereocenters. The molecule has 0 saturated carbocycles. The Kier molecular flexibility index (Phi) is 4.27. The molecule has 1 heterocycles. The van der Waals surface area contributed by atoms with Crippen LogP contribution in [0.5, 0.6) is 0 Å². The molecule has 0 saturated heterocycles. The third kappa shape index (κ3) is 3.18. The van der Waals surface area contributed by atoms with Crippen LogP contribution in [-0.2, 0) is 0 Å². The Morgan fingerprint density at radius 3 is 2.83 bits per heavy atom.